The second-order valence-corrected chi connectivity index (χ2v) is 7.61. The Balaban J connectivity index is 2.09. The van der Waals surface area contributed by atoms with Crippen LogP contribution in [0.15, 0.2) is 29.2 Å². The van der Waals surface area contributed by atoms with Gasteiger partial charge in [0.25, 0.3) is 0 Å². The van der Waals surface area contributed by atoms with Gasteiger partial charge >= 0.3 is 0 Å². The van der Waals surface area contributed by atoms with E-state index in [2.05, 4.69) is 17.1 Å². The fraction of sp³-hybridized carbons (Fsp3) is 0.571. The van der Waals surface area contributed by atoms with Crippen molar-refractivity contribution in [2.24, 2.45) is 0 Å². The summed E-state index contributed by atoms with van der Waals surface area (Å²) in [6.07, 6.45) is 0. The minimum absolute atomic E-state index is 0.347. The normalized spacial score (nSPS) is 21.3. The Morgan fingerprint density at radius 2 is 1.95 bits per heavy atom. The van der Waals surface area contributed by atoms with Gasteiger partial charge in [0.2, 0.25) is 10.0 Å². The molecule has 1 fully saturated rings. The second kappa shape index (κ2) is 6.22. The summed E-state index contributed by atoms with van der Waals surface area (Å²) in [7, 11) is -0.233. The zero-order valence-corrected chi connectivity index (χ0v) is 13.2. The second-order valence-electron chi connectivity index (χ2n) is 5.46. The fourth-order valence-electron chi connectivity index (χ4n) is 2.33. The number of rotatable bonds is 4. The molecule has 0 unspecified atom stereocenters. The molecule has 1 heterocycles. The molecule has 1 aliphatic rings. The van der Waals surface area contributed by atoms with Crippen molar-refractivity contribution in [1.29, 1.82) is 0 Å². The van der Waals surface area contributed by atoms with Crippen molar-refractivity contribution in [2.45, 2.75) is 24.4 Å². The van der Waals surface area contributed by atoms with Crippen molar-refractivity contribution in [3.05, 3.63) is 29.8 Å². The van der Waals surface area contributed by atoms with E-state index in [9.17, 15) is 8.42 Å². The fourth-order valence-corrected chi connectivity index (χ4v) is 3.23. The smallest absolute Gasteiger partial charge is 0.242 e. The van der Waals surface area contributed by atoms with Gasteiger partial charge in [-0.3, -0.25) is 4.90 Å². The highest BCUT2D eigenvalue weighted by Crippen LogP contribution is 2.16. The maximum Gasteiger partial charge on any atom is 0.242 e. The van der Waals surface area contributed by atoms with Crippen molar-refractivity contribution in [2.75, 3.05) is 33.7 Å². The highest BCUT2D eigenvalue weighted by Gasteiger charge is 2.19. The van der Waals surface area contributed by atoms with E-state index in [1.165, 1.54) is 4.31 Å². The molecule has 6 heteroatoms. The third-order valence-corrected chi connectivity index (χ3v) is 5.56. The van der Waals surface area contributed by atoms with Gasteiger partial charge in [0.15, 0.2) is 0 Å². The quantitative estimate of drug-likeness (QED) is 0.890. The zero-order valence-electron chi connectivity index (χ0n) is 12.3. The van der Waals surface area contributed by atoms with Gasteiger partial charge < -0.3 is 5.32 Å². The minimum atomic E-state index is -3.33. The highest BCUT2D eigenvalue weighted by atomic mass is 32.2. The van der Waals surface area contributed by atoms with Crippen molar-refractivity contribution in [3.63, 3.8) is 0 Å². The van der Waals surface area contributed by atoms with E-state index in [1.807, 2.05) is 12.1 Å². The van der Waals surface area contributed by atoms with E-state index in [1.54, 1.807) is 26.2 Å². The van der Waals surface area contributed by atoms with Crippen molar-refractivity contribution >= 4 is 10.0 Å². The molecule has 0 aromatic heterocycles. The van der Waals surface area contributed by atoms with Crippen molar-refractivity contribution < 1.29 is 8.42 Å². The van der Waals surface area contributed by atoms with E-state index < -0.39 is 10.0 Å². The van der Waals surface area contributed by atoms with Crippen LogP contribution in [0.2, 0.25) is 0 Å². The van der Waals surface area contributed by atoms with Gasteiger partial charge in [-0.1, -0.05) is 12.1 Å². The molecular formula is C14H23N3O2S. The first-order valence-electron chi connectivity index (χ1n) is 6.87. The topological polar surface area (TPSA) is 52.7 Å². The molecule has 1 saturated heterocycles. The lowest BCUT2D eigenvalue weighted by Crippen LogP contribution is -2.49. The van der Waals surface area contributed by atoms with Gasteiger partial charge in [0, 0.05) is 46.3 Å². The first-order valence-corrected chi connectivity index (χ1v) is 8.31. The van der Waals surface area contributed by atoms with Crippen LogP contribution in [-0.4, -0.2) is 57.4 Å². The molecule has 0 aliphatic carbocycles. The van der Waals surface area contributed by atoms with Crippen LogP contribution in [0.25, 0.3) is 0 Å². The Labute approximate surface area is 121 Å². The van der Waals surface area contributed by atoms with E-state index in [-0.39, 0.29) is 0 Å². The van der Waals surface area contributed by atoms with Crippen molar-refractivity contribution in [1.82, 2.24) is 14.5 Å². The number of nitrogens with one attached hydrogen (secondary N) is 1. The Bertz CT molecular complexity index is 540. The molecule has 5 nitrogen and oxygen atoms in total. The molecule has 1 aliphatic heterocycles. The number of piperazine rings is 1. The standard InChI is InChI=1S/C14H23N3O2S/c1-12-10-15-8-9-17(12)11-13-4-6-14(7-5-13)20(18,19)16(2)3/h4-7,12,15H,8-11H2,1-3H3/t12-/m1/s1. The van der Waals surface area contributed by atoms with Gasteiger partial charge in [-0.2, -0.15) is 0 Å². The Kier molecular flexibility index (Phi) is 4.80. The number of hydrogen-bond donors (Lipinski definition) is 1. The molecule has 1 atom stereocenters. The number of sulfonamides is 1. The lowest BCUT2D eigenvalue weighted by molar-refractivity contribution is 0.165. The SMILES string of the molecule is C[C@@H]1CNCCN1Cc1ccc(S(=O)(=O)N(C)C)cc1. The molecule has 1 aromatic rings. The predicted molar refractivity (Wildman–Crippen MR) is 80.1 cm³/mol. The average Bonchev–Trinajstić information content (AvgIpc) is 2.42. The van der Waals surface area contributed by atoms with Crippen LogP contribution in [0.3, 0.4) is 0 Å². The lowest BCUT2D eigenvalue weighted by atomic mass is 10.1. The average molecular weight is 297 g/mol. The zero-order chi connectivity index (χ0) is 14.8. The Morgan fingerprint density at radius 1 is 1.30 bits per heavy atom. The third-order valence-electron chi connectivity index (χ3n) is 3.73. The minimum Gasteiger partial charge on any atom is -0.314 e. The maximum atomic E-state index is 12.0. The van der Waals surface area contributed by atoms with Gasteiger partial charge in [0.05, 0.1) is 4.90 Å². The summed E-state index contributed by atoms with van der Waals surface area (Å²) in [5, 5.41) is 3.37. The van der Waals surface area contributed by atoms with E-state index >= 15 is 0 Å². The predicted octanol–water partition coefficient (Wildman–Crippen LogP) is 0.731. The van der Waals surface area contributed by atoms with Gasteiger partial charge in [-0.25, -0.2) is 12.7 Å². The molecule has 0 saturated carbocycles. The first-order chi connectivity index (χ1) is 9.41. The van der Waals surface area contributed by atoms with E-state index in [4.69, 9.17) is 0 Å². The summed E-state index contributed by atoms with van der Waals surface area (Å²) >= 11 is 0. The van der Waals surface area contributed by atoms with Crippen LogP contribution >= 0.6 is 0 Å². The summed E-state index contributed by atoms with van der Waals surface area (Å²) < 4.78 is 25.2. The van der Waals surface area contributed by atoms with Crippen LogP contribution in [0.4, 0.5) is 0 Å². The Hall–Kier alpha value is -0.950. The van der Waals surface area contributed by atoms with Crippen LogP contribution < -0.4 is 5.32 Å². The Morgan fingerprint density at radius 3 is 2.50 bits per heavy atom. The molecular weight excluding hydrogens is 274 g/mol. The van der Waals surface area contributed by atoms with E-state index in [0.717, 1.165) is 31.7 Å². The van der Waals surface area contributed by atoms with Gasteiger partial charge in [-0.05, 0) is 24.6 Å². The summed E-state index contributed by atoms with van der Waals surface area (Å²) in [4.78, 5) is 2.76. The molecule has 1 aromatic carbocycles. The third kappa shape index (κ3) is 3.38. The molecule has 20 heavy (non-hydrogen) atoms. The molecule has 0 bridgehead atoms. The maximum absolute atomic E-state index is 12.0. The molecule has 2 rings (SSSR count). The van der Waals surface area contributed by atoms with E-state index in [0.29, 0.717) is 10.9 Å². The number of benzene rings is 1. The van der Waals surface area contributed by atoms with Crippen LogP contribution in [-0.2, 0) is 16.6 Å². The summed E-state index contributed by atoms with van der Waals surface area (Å²) in [5.41, 5.74) is 1.15. The highest BCUT2D eigenvalue weighted by molar-refractivity contribution is 7.89. The number of hydrogen-bond acceptors (Lipinski definition) is 4. The molecule has 0 spiro atoms. The summed E-state index contributed by atoms with van der Waals surface area (Å²) in [5.74, 6) is 0. The van der Waals surface area contributed by atoms with Crippen LogP contribution in [0.5, 0.6) is 0 Å². The molecule has 1 N–H and O–H groups in total. The monoisotopic (exact) mass is 297 g/mol. The number of nitrogens with zero attached hydrogens (tertiary/aromatic N) is 2. The summed E-state index contributed by atoms with van der Waals surface area (Å²) in [6.45, 7) is 6.12. The van der Waals surface area contributed by atoms with Crippen molar-refractivity contribution in [3.8, 4) is 0 Å². The van der Waals surface area contributed by atoms with Gasteiger partial charge in [-0.15, -0.1) is 0 Å². The van der Waals surface area contributed by atoms with Crippen LogP contribution in [0.1, 0.15) is 12.5 Å². The molecule has 0 amide bonds. The lowest BCUT2D eigenvalue weighted by Gasteiger charge is -2.33. The van der Waals surface area contributed by atoms with Crippen LogP contribution in [0, 0.1) is 0 Å². The largest absolute Gasteiger partial charge is 0.314 e. The summed E-state index contributed by atoms with van der Waals surface area (Å²) in [6, 6.07) is 7.71. The van der Waals surface area contributed by atoms with Gasteiger partial charge in [0.1, 0.15) is 0 Å². The molecule has 0 radical (unpaired) electrons. The first kappa shape index (κ1) is 15.4. The molecule has 112 valence electrons.